The second kappa shape index (κ2) is 7.05. The van der Waals surface area contributed by atoms with Gasteiger partial charge in [-0.15, -0.1) is 0 Å². The van der Waals surface area contributed by atoms with Crippen LogP contribution in [0, 0.1) is 6.92 Å². The Morgan fingerprint density at radius 1 is 1.12 bits per heavy atom. The predicted octanol–water partition coefficient (Wildman–Crippen LogP) is 1.66. The van der Waals surface area contributed by atoms with E-state index in [-0.39, 0.29) is 0 Å². The molecule has 24 heavy (non-hydrogen) atoms. The van der Waals surface area contributed by atoms with Gasteiger partial charge in [-0.3, -0.25) is 9.80 Å². The van der Waals surface area contributed by atoms with E-state index in [0.29, 0.717) is 0 Å². The third-order valence-corrected chi connectivity index (χ3v) is 5.37. The molecule has 4 rings (SSSR count). The molecule has 1 N–H and O–H groups in total. The molecule has 0 saturated carbocycles. The highest BCUT2D eigenvalue weighted by Crippen LogP contribution is 2.21. The highest BCUT2D eigenvalue weighted by molar-refractivity contribution is 5.40. The first-order valence-electron chi connectivity index (χ1n) is 9.07. The van der Waals surface area contributed by atoms with Crippen LogP contribution >= 0.6 is 0 Å². The molecule has 2 aliphatic heterocycles. The summed E-state index contributed by atoms with van der Waals surface area (Å²) in [5, 5.41) is 8.02. The second-order valence-electron chi connectivity index (χ2n) is 6.98. The molecule has 1 aromatic heterocycles. The van der Waals surface area contributed by atoms with Gasteiger partial charge in [-0.1, -0.05) is 18.2 Å². The lowest BCUT2D eigenvalue weighted by Crippen LogP contribution is -2.49. The van der Waals surface area contributed by atoms with Crippen LogP contribution in [-0.2, 0) is 6.54 Å². The van der Waals surface area contributed by atoms with Crippen molar-refractivity contribution < 1.29 is 0 Å². The van der Waals surface area contributed by atoms with Crippen LogP contribution in [0.5, 0.6) is 0 Å². The number of hydrogen-bond donors (Lipinski definition) is 1. The van der Waals surface area contributed by atoms with Gasteiger partial charge in [-0.2, -0.15) is 5.10 Å². The van der Waals surface area contributed by atoms with Crippen molar-refractivity contribution in [2.45, 2.75) is 25.9 Å². The summed E-state index contributed by atoms with van der Waals surface area (Å²) in [7, 11) is 0. The molecule has 0 bridgehead atoms. The molecule has 1 atom stereocenters. The molecule has 0 aliphatic carbocycles. The summed E-state index contributed by atoms with van der Waals surface area (Å²) in [4.78, 5) is 5.24. The van der Waals surface area contributed by atoms with Crippen LogP contribution in [0.3, 0.4) is 0 Å². The molecule has 1 aromatic carbocycles. The van der Waals surface area contributed by atoms with E-state index in [4.69, 9.17) is 0 Å². The molecule has 0 spiro atoms. The van der Waals surface area contributed by atoms with E-state index in [1.165, 1.54) is 49.5 Å². The Kier molecular flexibility index (Phi) is 4.65. The molecule has 0 radical (unpaired) electrons. The maximum atomic E-state index is 4.57. The van der Waals surface area contributed by atoms with Crippen molar-refractivity contribution >= 4 is 0 Å². The van der Waals surface area contributed by atoms with E-state index >= 15 is 0 Å². The quantitative estimate of drug-likeness (QED) is 0.927. The van der Waals surface area contributed by atoms with Crippen molar-refractivity contribution in [2.75, 3.05) is 39.3 Å². The largest absolute Gasteiger partial charge is 0.314 e. The predicted molar refractivity (Wildman–Crippen MR) is 96.4 cm³/mol. The normalized spacial score (nSPS) is 23.0. The number of piperazine rings is 1. The molecule has 2 aliphatic rings. The number of benzene rings is 1. The summed E-state index contributed by atoms with van der Waals surface area (Å²) in [5.74, 6) is 0. The molecule has 128 valence electrons. The van der Waals surface area contributed by atoms with Crippen LogP contribution in [0.15, 0.2) is 36.5 Å². The van der Waals surface area contributed by atoms with Gasteiger partial charge in [0, 0.05) is 58.1 Å². The molecule has 5 heteroatoms. The molecule has 0 amide bonds. The number of likely N-dealkylation sites (tertiary alicyclic amines) is 1. The Bertz CT molecular complexity index is 674. The fraction of sp³-hybridized carbons (Fsp3) is 0.526. The van der Waals surface area contributed by atoms with Crippen LogP contribution in [0.25, 0.3) is 5.69 Å². The third kappa shape index (κ3) is 3.24. The summed E-state index contributed by atoms with van der Waals surface area (Å²) in [6, 6.07) is 11.4. The Hall–Kier alpha value is -1.69. The average molecular weight is 325 g/mol. The summed E-state index contributed by atoms with van der Waals surface area (Å²) in [5.41, 5.74) is 3.74. The highest BCUT2D eigenvalue weighted by atomic mass is 15.3. The van der Waals surface area contributed by atoms with Gasteiger partial charge in [0.2, 0.25) is 0 Å². The number of aryl methyl sites for hydroxylation is 1. The molecule has 1 unspecified atom stereocenters. The SMILES string of the molecule is Cc1ccccc1-n1nccc1CN1CCC(N2CCNCC2)C1. The fourth-order valence-corrected chi connectivity index (χ4v) is 4.00. The molecule has 3 heterocycles. The first kappa shape index (κ1) is 15.8. The second-order valence-corrected chi connectivity index (χ2v) is 6.98. The number of hydrogen-bond acceptors (Lipinski definition) is 4. The van der Waals surface area contributed by atoms with Crippen molar-refractivity contribution in [3.63, 3.8) is 0 Å². The number of rotatable bonds is 4. The first-order chi connectivity index (χ1) is 11.8. The molecular weight excluding hydrogens is 298 g/mol. The van der Waals surface area contributed by atoms with Gasteiger partial charge in [0.1, 0.15) is 0 Å². The minimum absolute atomic E-state index is 0.724. The van der Waals surface area contributed by atoms with Crippen LogP contribution in [-0.4, -0.2) is 64.9 Å². The Morgan fingerprint density at radius 3 is 2.79 bits per heavy atom. The Morgan fingerprint density at radius 2 is 1.96 bits per heavy atom. The summed E-state index contributed by atoms with van der Waals surface area (Å²) in [6.07, 6.45) is 3.21. The van der Waals surface area contributed by atoms with Gasteiger partial charge in [0.05, 0.1) is 11.4 Å². The fourth-order valence-electron chi connectivity index (χ4n) is 4.00. The number of para-hydroxylation sites is 1. The van der Waals surface area contributed by atoms with Crippen molar-refractivity contribution in [1.82, 2.24) is 24.9 Å². The summed E-state index contributed by atoms with van der Waals surface area (Å²) < 4.78 is 2.10. The van der Waals surface area contributed by atoms with Crippen molar-refractivity contribution in [3.8, 4) is 5.69 Å². The van der Waals surface area contributed by atoms with E-state index in [1.807, 2.05) is 6.20 Å². The number of nitrogens with one attached hydrogen (secondary N) is 1. The zero-order chi connectivity index (χ0) is 16.4. The lowest BCUT2D eigenvalue weighted by molar-refractivity contribution is 0.170. The third-order valence-electron chi connectivity index (χ3n) is 5.37. The standard InChI is InChI=1S/C19H27N5/c1-16-4-2-3-5-19(16)24-18(6-8-21-24)15-22-11-7-17(14-22)23-12-9-20-10-13-23/h2-6,8,17,20H,7,9-15H2,1H3. The van der Waals surface area contributed by atoms with Gasteiger partial charge in [0.15, 0.2) is 0 Å². The molecular formula is C19H27N5. The van der Waals surface area contributed by atoms with Crippen LogP contribution in [0.2, 0.25) is 0 Å². The monoisotopic (exact) mass is 325 g/mol. The van der Waals surface area contributed by atoms with E-state index in [9.17, 15) is 0 Å². The van der Waals surface area contributed by atoms with Crippen LogP contribution in [0.1, 0.15) is 17.7 Å². The molecule has 2 aromatic rings. The summed E-state index contributed by atoms with van der Waals surface area (Å²) in [6.45, 7) is 10.2. The van der Waals surface area contributed by atoms with E-state index in [2.05, 4.69) is 62.2 Å². The number of nitrogens with zero attached hydrogens (tertiary/aromatic N) is 4. The topological polar surface area (TPSA) is 36.3 Å². The maximum absolute atomic E-state index is 4.57. The minimum atomic E-state index is 0.724. The lowest BCUT2D eigenvalue weighted by Gasteiger charge is -2.32. The van der Waals surface area contributed by atoms with Crippen LogP contribution in [0.4, 0.5) is 0 Å². The maximum Gasteiger partial charge on any atom is 0.0678 e. The van der Waals surface area contributed by atoms with E-state index < -0.39 is 0 Å². The van der Waals surface area contributed by atoms with E-state index in [1.54, 1.807) is 0 Å². The van der Waals surface area contributed by atoms with Gasteiger partial charge < -0.3 is 5.32 Å². The van der Waals surface area contributed by atoms with Gasteiger partial charge >= 0.3 is 0 Å². The van der Waals surface area contributed by atoms with Crippen molar-refractivity contribution in [3.05, 3.63) is 47.8 Å². The molecule has 5 nitrogen and oxygen atoms in total. The van der Waals surface area contributed by atoms with Gasteiger partial charge in [0.25, 0.3) is 0 Å². The van der Waals surface area contributed by atoms with Gasteiger partial charge in [-0.25, -0.2) is 4.68 Å². The van der Waals surface area contributed by atoms with Crippen LogP contribution < -0.4 is 5.32 Å². The first-order valence-corrected chi connectivity index (χ1v) is 9.07. The zero-order valence-corrected chi connectivity index (χ0v) is 14.5. The molecule has 2 fully saturated rings. The smallest absolute Gasteiger partial charge is 0.0678 e. The Labute approximate surface area is 144 Å². The zero-order valence-electron chi connectivity index (χ0n) is 14.5. The Balaban J connectivity index is 1.44. The average Bonchev–Trinajstić information content (AvgIpc) is 3.26. The highest BCUT2D eigenvalue weighted by Gasteiger charge is 2.28. The lowest BCUT2D eigenvalue weighted by atomic mass is 10.2. The molecule has 2 saturated heterocycles. The van der Waals surface area contributed by atoms with E-state index in [0.717, 1.165) is 25.7 Å². The van der Waals surface area contributed by atoms with Crippen molar-refractivity contribution in [2.24, 2.45) is 0 Å². The van der Waals surface area contributed by atoms with Gasteiger partial charge in [-0.05, 0) is 31.0 Å². The number of aromatic nitrogens is 2. The minimum Gasteiger partial charge on any atom is -0.314 e. The van der Waals surface area contributed by atoms with Crippen molar-refractivity contribution in [1.29, 1.82) is 0 Å². The summed E-state index contributed by atoms with van der Waals surface area (Å²) >= 11 is 0.